The molecule has 0 fully saturated rings. The third-order valence-electron chi connectivity index (χ3n) is 3.43. The van der Waals surface area contributed by atoms with Crippen molar-refractivity contribution in [2.75, 3.05) is 6.61 Å². The minimum absolute atomic E-state index is 0.0489. The van der Waals surface area contributed by atoms with Gasteiger partial charge in [0.25, 0.3) is 0 Å². The van der Waals surface area contributed by atoms with Gasteiger partial charge in [0.2, 0.25) is 0 Å². The smallest absolute Gasteiger partial charge is 0.312 e. The normalized spacial score (nSPS) is 17.0. The second-order valence-corrected chi connectivity index (χ2v) is 5.52. The third kappa shape index (κ3) is 5.07. The number of ether oxygens (including phenoxy) is 2. The molecule has 102 valence electrons. The van der Waals surface area contributed by atoms with Crippen LogP contribution in [0.5, 0.6) is 0 Å². The van der Waals surface area contributed by atoms with Gasteiger partial charge >= 0.3 is 5.97 Å². The first-order valence-corrected chi connectivity index (χ1v) is 6.56. The quantitative estimate of drug-likeness (QED) is 0.644. The molecule has 0 aromatic rings. The van der Waals surface area contributed by atoms with Crippen LogP contribution in [0.25, 0.3) is 0 Å². The molecule has 0 saturated carbocycles. The maximum atomic E-state index is 12.0. The van der Waals surface area contributed by atoms with Crippen LogP contribution in [0.1, 0.15) is 54.9 Å². The van der Waals surface area contributed by atoms with E-state index >= 15 is 0 Å². The lowest BCUT2D eigenvalue weighted by atomic mass is 9.77. The summed E-state index contributed by atoms with van der Waals surface area (Å²) >= 11 is 0. The maximum absolute atomic E-state index is 12.0. The fraction of sp³-hybridized carbons (Fsp3) is 0.929. The average molecular weight is 244 g/mol. The number of hydrogen-bond acceptors (Lipinski definition) is 3. The Labute approximate surface area is 106 Å². The molecule has 0 aromatic carbocycles. The molecule has 0 N–H and O–H groups in total. The second kappa shape index (κ2) is 7.00. The zero-order valence-corrected chi connectivity index (χ0v) is 12.4. The molecule has 0 heterocycles. The highest BCUT2D eigenvalue weighted by atomic mass is 16.6. The van der Waals surface area contributed by atoms with Crippen molar-refractivity contribution in [3.8, 4) is 0 Å². The van der Waals surface area contributed by atoms with Gasteiger partial charge in [-0.3, -0.25) is 4.79 Å². The van der Waals surface area contributed by atoms with Gasteiger partial charge in [0, 0.05) is 0 Å². The lowest BCUT2D eigenvalue weighted by Gasteiger charge is -2.30. The van der Waals surface area contributed by atoms with Crippen LogP contribution in [0, 0.1) is 11.3 Å². The Morgan fingerprint density at radius 2 is 1.71 bits per heavy atom. The van der Waals surface area contributed by atoms with Gasteiger partial charge in [0.1, 0.15) is 6.61 Å². The number of carbonyl (C=O) groups excluding carboxylic acids is 1. The molecule has 0 aromatic heterocycles. The SMILES string of the molecule is CCC(C)(C(=O)OCC(C)OC(C)C)C(C)C. The molecule has 0 bridgehead atoms. The van der Waals surface area contributed by atoms with Crippen LogP contribution in [0.15, 0.2) is 0 Å². The molecular formula is C14H28O3. The Kier molecular flexibility index (Phi) is 6.76. The molecule has 0 saturated heterocycles. The summed E-state index contributed by atoms with van der Waals surface area (Å²) in [5, 5.41) is 0. The minimum atomic E-state index is -0.391. The van der Waals surface area contributed by atoms with Crippen LogP contribution in [0.3, 0.4) is 0 Å². The van der Waals surface area contributed by atoms with Crippen molar-refractivity contribution in [3.05, 3.63) is 0 Å². The van der Waals surface area contributed by atoms with Gasteiger partial charge in [-0.15, -0.1) is 0 Å². The first-order chi connectivity index (χ1) is 7.74. The number of carbonyl (C=O) groups is 1. The van der Waals surface area contributed by atoms with Crippen LogP contribution < -0.4 is 0 Å². The molecule has 0 rings (SSSR count). The zero-order valence-electron chi connectivity index (χ0n) is 12.4. The first-order valence-electron chi connectivity index (χ1n) is 6.56. The van der Waals surface area contributed by atoms with E-state index in [1.165, 1.54) is 0 Å². The number of esters is 1. The Morgan fingerprint density at radius 3 is 2.06 bits per heavy atom. The lowest BCUT2D eigenvalue weighted by Crippen LogP contribution is -2.36. The van der Waals surface area contributed by atoms with E-state index in [1.54, 1.807) is 0 Å². The van der Waals surface area contributed by atoms with Crippen molar-refractivity contribution in [1.29, 1.82) is 0 Å². The van der Waals surface area contributed by atoms with Crippen molar-refractivity contribution < 1.29 is 14.3 Å². The highest BCUT2D eigenvalue weighted by Crippen LogP contribution is 2.32. The third-order valence-corrected chi connectivity index (χ3v) is 3.43. The summed E-state index contributed by atoms with van der Waals surface area (Å²) in [5.41, 5.74) is -0.391. The van der Waals surface area contributed by atoms with E-state index in [9.17, 15) is 4.79 Å². The Balaban J connectivity index is 4.25. The fourth-order valence-corrected chi connectivity index (χ4v) is 1.65. The van der Waals surface area contributed by atoms with Gasteiger partial charge in [0.05, 0.1) is 17.6 Å². The van der Waals surface area contributed by atoms with Crippen molar-refractivity contribution in [2.45, 2.75) is 67.1 Å². The summed E-state index contributed by atoms with van der Waals surface area (Å²) in [5.74, 6) is 0.163. The monoisotopic (exact) mass is 244 g/mol. The van der Waals surface area contributed by atoms with Crippen molar-refractivity contribution in [2.24, 2.45) is 11.3 Å². The topological polar surface area (TPSA) is 35.5 Å². The molecule has 0 aliphatic heterocycles. The summed E-state index contributed by atoms with van der Waals surface area (Å²) in [7, 11) is 0. The van der Waals surface area contributed by atoms with E-state index in [-0.39, 0.29) is 24.1 Å². The Morgan fingerprint density at radius 1 is 1.18 bits per heavy atom. The van der Waals surface area contributed by atoms with E-state index in [4.69, 9.17) is 9.47 Å². The van der Waals surface area contributed by atoms with Gasteiger partial charge in [-0.2, -0.15) is 0 Å². The molecule has 0 aliphatic carbocycles. The molecule has 2 atom stereocenters. The summed E-state index contributed by atoms with van der Waals surface area (Å²) in [6.45, 7) is 14.3. The molecule has 3 heteroatoms. The van der Waals surface area contributed by atoms with Crippen LogP contribution in [0.2, 0.25) is 0 Å². The van der Waals surface area contributed by atoms with Crippen molar-refractivity contribution >= 4 is 5.97 Å². The van der Waals surface area contributed by atoms with Crippen LogP contribution in [-0.2, 0) is 14.3 Å². The Hall–Kier alpha value is -0.570. The second-order valence-electron chi connectivity index (χ2n) is 5.52. The molecule has 0 radical (unpaired) electrons. The van der Waals surface area contributed by atoms with E-state index in [2.05, 4.69) is 13.8 Å². The van der Waals surface area contributed by atoms with E-state index in [0.29, 0.717) is 6.61 Å². The maximum Gasteiger partial charge on any atom is 0.312 e. The average Bonchev–Trinajstić information content (AvgIpc) is 2.23. The first kappa shape index (κ1) is 16.4. The summed E-state index contributed by atoms with van der Waals surface area (Å²) < 4.78 is 10.9. The number of hydrogen-bond donors (Lipinski definition) is 0. The molecule has 2 unspecified atom stereocenters. The molecule has 0 spiro atoms. The summed E-state index contributed by atoms with van der Waals surface area (Å²) in [4.78, 5) is 12.0. The summed E-state index contributed by atoms with van der Waals surface area (Å²) in [6, 6.07) is 0. The molecule has 3 nitrogen and oxygen atoms in total. The van der Waals surface area contributed by atoms with E-state index in [1.807, 2.05) is 34.6 Å². The summed E-state index contributed by atoms with van der Waals surface area (Å²) in [6.07, 6.45) is 0.904. The van der Waals surface area contributed by atoms with Gasteiger partial charge < -0.3 is 9.47 Å². The number of rotatable bonds is 7. The molecular weight excluding hydrogens is 216 g/mol. The molecule has 0 amide bonds. The van der Waals surface area contributed by atoms with Gasteiger partial charge in [0.15, 0.2) is 0 Å². The van der Waals surface area contributed by atoms with Gasteiger partial charge in [-0.05, 0) is 40.0 Å². The highest BCUT2D eigenvalue weighted by molar-refractivity contribution is 5.76. The highest BCUT2D eigenvalue weighted by Gasteiger charge is 2.36. The van der Waals surface area contributed by atoms with Crippen LogP contribution in [0.4, 0.5) is 0 Å². The predicted octanol–water partition coefficient (Wildman–Crippen LogP) is 3.42. The lowest BCUT2D eigenvalue weighted by molar-refractivity contribution is -0.162. The van der Waals surface area contributed by atoms with Gasteiger partial charge in [-0.25, -0.2) is 0 Å². The van der Waals surface area contributed by atoms with E-state index < -0.39 is 5.41 Å². The van der Waals surface area contributed by atoms with E-state index in [0.717, 1.165) is 6.42 Å². The molecule has 0 aliphatic rings. The van der Waals surface area contributed by atoms with Gasteiger partial charge in [-0.1, -0.05) is 20.8 Å². The molecule has 17 heavy (non-hydrogen) atoms. The standard InChI is InChI=1S/C14H28O3/c1-8-14(7,10(2)3)13(15)16-9-12(6)17-11(4)5/h10-12H,8-9H2,1-7H3. The minimum Gasteiger partial charge on any atom is -0.463 e. The predicted molar refractivity (Wildman–Crippen MR) is 69.9 cm³/mol. The van der Waals surface area contributed by atoms with Crippen molar-refractivity contribution in [1.82, 2.24) is 0 Å². The fourth-order valence-electron chi connectivity index (χ4n) is 1.65. The van der Waals surface area contributed by atoms with Crippen molar-refractivity contribution in [3.63, 3.8) is 0 Å². The Bertz CT molecular complexity index is 236. The largest absolute Gasteiger partial charge is 0.463 e. The van der Waals surface area contributed by atoms with Crippen LogP contribution in [-0.4, -0.2) is 24.8 Å². The zero-order chi connectivity index (χ0) is 13.6. The van der Waals surface area contributed by atoms with Crippen LogP contribution >= 0.6 is 0 Å².